The Morgan fingerprint density at radius 2 is 1.67 bits per heavy atom. The van der Waals surface area contributed by atoms with Gasteiger partial charge in [0.15, 0.2) is 0 Å². The number of pyridine rings is 1. The normalized spacial score (nSPS) is 10.4. The lowest BCUT2D eigenvalue weighted by Gasteiger charge is -2.13. The molecule has 0 radical (unpaired) electrons. The van der Waals surface area contributed by atoms with Gasteiger partial charge in [0.05, 0.1) is 7.11 Å². The van der Waals surface area contributed by atoms with Crippen LogP contribution in [0, 0.1) is 0 Å². The third-order valence-electron chi connectivity index (χ3n) is 4.33. The van der Waals surface area contributed by atoms with Gasteiger partial charge in [-0.3, -0.25) is 4.79 Å². The highest BCUT2D eigenvalue weighted by Crippen LogP contribution is 2.31. The number of aromatic nitrogens is 1. The molecular weight excluding hydrogens is 392 g/mol. The fraction of sp³-hybridized carbons (Fsp3) is 0.0952. The van der Waals surface area contributed by atoms with Crippen LogP contribution in [0.15, 0.2) is 53.3 Å². The van der Waals surface area contributed by atoms with Gasteiger partial charge in [0, 0.05) is 5.56 Å². The molecular formula is C21H18N2O7. The van der Waals surface area contributed by atoms with Crippen molar-refractivity contribution in [1.82, 2.24) is 4.98 Å². The number of carbonyl (C=O) groups is 2. The van der Waals surface area contributed by atoms with E-state index in [1.165, 1.54) is 12.1 Å². The lowest BCUT2D eigenvalue weighted by atomic mass is 9.95. The van der Waals surface area contributed by atoms with E-state index in [-0.39, 0.29) is 17.7 Å². The molecule has 9 nitrogen and oxygen atoms in total. The largest absolute Gasteiger partial charge is 0.497 e. The number of carboxylic acids is 2. The third-order valence-corrected chi connectivity index (χ3v) is 4.33. The van der Waals surface area contributed by atoms with E-state index in [0.717, 1.165) is 5.56 Å². The van der Waals surface area contributed by atoms with Crippen molar-refractivity contribution in [3.8, 4) is 22.6 Å². The number of carboxylic acid groups (broad SMARTS) is 2. The second-order valence-corrected chi connectivity index (χ2v) is 6.27. The molecule has 0 bridgehead atoms. The van der Waals surface area contributed by atoms with Crippen LogP contribution < -0.4 is 20.8 Å². The molecule has 0 unspecified atom stereocenters. The number of anilines is 1. The zero-order valence-corrected chi connectivity index (χ0v) is 15.8. The van der Waals surface area contributed by atoms with E-state index in [1.54, 1.807) is 31.4 Å². The zero-order valence-electron chi connectivity index (χ0n) is 15.8. The number of ether oxygens (including phenoxy) is 2. The van der Waals surface area contributed by atoms with E-state index >= 15 is 0 Å². The molecule has 2 aromatic carbocycles. The van der Waals surface area contributed by atoms with Gasteiger partial charge in [0.25, 0.3) is 5.56 Å². The molecule has 0 aliphatic rings. The summed E-state index contributed by atoms with van der Waals surface area (Å²) in [6.45, 7) is 0.190. The predicted molar refractivity (Wildman–Crippen MR) is 108 cm³/mol. The van der Waals surface area contributed by atoms with Crippen molar-refractivity contribution < 1.29 is 29.3 Å². The summed E-state index contributed by atoms with van der Waals surface area (Å²) in [5, 5.41) is 19.0. The first kappa shape index (κ1) is 20.5. The topological polar surface area (TPSA) is 152 Å². The number of nitrogen functional groups attached to an aromatic ring is 1. The second-order valence-electron chi connectivity index (χ2n) is 6.27. The first-order valence-electron chi connectivity index (χ1n) is 8.70. The zero-order chi connectivity index (χ0) is 21.8. The standard InChI is InChI=1S/C21H18N2O7/c1-29-13-6-2-4-11(8-13)10-30-14-7-3-5-12(9-14)15-16(20(25)26)18(22)23-19(24)17(15)21(27)28/h2-9H,10H2,1H3,(H,25,26)(H,27,28)(H3,22,23,24). The molecule has 3 rings (SSSR count). The molecule has 0 atom stereocenters. The highest BCUT2D eigenvalue weighted by atomic mass is 16.5. The molecule has 0 fully saturated rings. The molecule has 0 amide bonds. The maximum absolute atomic E-state index is 12.2. The lowest BCUT2D eigenvalue weighted by Crippen LogP contribution is -2.24. The highest BCUT2D eigenvalue weighted by Gasteiger charge is 2.26. The maximum atomic E-state index is 12.2. The molecule has 1 heterocycles. The van der Waals surface area contributed by atoms with E-state index < -0.39 is 34.4 Å². The number of hydrogen-bond donors (Lipinski definition) is 4. The lowest BCUT2D eigenvalue weighted by molar-refractivity contribution is 0.0695. The van der Waals surface area contributed by atoms with Gasteiger partial charge in [-0.1, -0.05) is 24.3 Å². The summed E-state index contributed by atoms with van der Waals surface area (Å²) in [4.78, 5) is 37.6. The Morgan fingerprint density at radius 3 is 2.33 bits per heavy atom. The van der Waals surface area contributed by atoms with E-state index in [2.05, 4.69) is 4.98 Å². The van der Waals surface area contributed by atoms with Crippen LogP contribution >= 0.6 is 0 Å². The predicted octanol–water partition coefficient (Wildman–Crippen LogP) is 2.61. The number of benzene rings is 2. The van der Waals surface area contributed by atoms with Crippen molar-refractivity contribution in [2.75, 3.05) is 12.8 Å². The Hall–Kier alpha value is -4.27. The van der Waals surface area contributed by atoms with Gasteiger partial charge >= 0.3 is 11.9 Å². The van der Waals surface area contributed by atoms with Gasteiger partial charge in [-0.2, -0.15) is 0 Å². The van der Waals surface area contributed by atoms with Crippen LogP contribution in [0.4, 0.5) is 5.82 Å². The minimum absolute atomic E-state index is 0.172. The van der Waals surface area contributed by atoms with Crippen LogP contribution in [-0.4, -0.2) is 34.2 Å². The number of aromatic amines is 1. The Bertz CT molecular complexity index is 1180. The monoisotopic (exact) mass is 410 g/mol. The van der Waals surface area contributed by atoms with Crippen LogP contribution in [0.25, 0.3) is 11.1 Å². The van der Waals surface area contributed by atoms with Crippen molar-refractivity contribution in [2.45, 2.75) is 6.61 Å². The fourth-order valence-corrected chi connectivity index (χ4v) is 3.01. The Morgan fingerprint density at radius 1 is 1.00 bits per heavy atom. The van der Waals surface area contributed by atoms with Crippen LogP contribution in [-0.2, 0) is 6.61 Å². The Labute approximate surface area is 170 Å². The average molecular weight is 410 g/mol. The molecule has 30 heavy (non-hydrogen) atoms. The summed E-state index contributed by atoms with van der Waals surface area (Å²) in [5.41, 5.74) is 4.15. The molecule has 0 aliphatic heterocycles. The quantitative estimate of drug-likeness (QED) is 0.464. The van der Waals surface area contributed by atoms with Crippen molar-refractivity contribution in [3.05, 3.63) is 75.6 Å². The molecule has 1 aromatic heterocycles. The summed E-state index contributed by atoms with van der Waals surface area (Å²) in [6.07, 6.45) is 0. The highest BCUT2D eigenvalue weighted by molar-refractivity contribution is 6.07. The number of nitrogens with one attached hydrogen (secondary N) is 1. The molecule has 154 valence electrons. The maximum Gasteiger partial charge on any atom is 0.342 e. The third kappa shape index (κ3) is 4.09. The summed E-state index contributed by atoms with van der Waals surface area (Å²) in [6, 6.07) is 13.4. The molecule has 0 spiro atoms. The van der Waals surface area contributed by atoms with Gasteiger partial charge in [-0.25, -0.2) is 9.59 Å². The van der Waals surface area contributed by atoms with E-state index in [4.69, 9.17) is 15.2 Å². The van der Waals surface area contributed by atoms with Crippen LogP contribution in [0.5, 0.6) is 11.5 Å². The number of aromatic carboxylic acids is 2. The first-order valence-corrected chi connectivity index (χ1v) is 8.70. The minimum Gasteiger partial charge on any atom is -0.497 e. The number of nitrogens with two attached hydrogens (primary N) is 1. The van der Waals surface area contributed by atoms with Crippen molar-refractivity contribution in [1.29, 1.82) is 0 Å². The van der Waals surface area contributed by atoms with Crippen LogP contribution in [0.3, 0.4) is 0 Å². The van der Waals surface area contributed by atoms with Gasteiger partial charge in [0.1, 0.15) is 35.1 Å². The van der Waals surface area contributed by atoms with E-state index in [0.29, 0.717) is 11.5 Å². The minimum atomic E-state index is -1.57. The summed E-state index contributed by atoms with van der Waals surface area (Å²) < 4.78 is 10.9. The smallest absolute Gasteiger partial charge is 0.342 e. The Kier molecular flexibility index (Phi) is 5.73. The van der Waals surface area contributed by atoms with Crippen molar-refractivity contribution in [2.24, 2.45) is 0 Å². The first-order chi connectivity index (χ1) is 14.3. The van der Waals surface area contributed by atoms with Crippen LogP contribution in [0.2, 0.25) is 0 Å². The second kappa shape index (κ2) is 8.39. The van der Waals surface area contributed by atoms with Gasteiger partial charge in [0.2, 0.25) is 0 Å². The average Bonchev–Trinajstić information content (AvgIpc) is 2.71. The Balaban J connectivity index is 2.04. The summed E-state index contributed by atoms with van der Waals surface area (Å²) >= 11 is 0. The summed E-state index contributed by atoms with van der Waals surface area (Å²) in [7, 11) is 1.55. The molecule has 5 N–H and O–H groups in total. The van der Waals surface area contributed by atoms with E-state index in [9.17, 15) is 24.6 Å². The summed E-state index contributed by atoms with van der Waals surface area (Å²) in [5.74, 6) is -2.46. The number of rotatable bonds is 7. The SMILES string of the molecule is COc1cccc(COc2cccc(-c3c(C(=O)O)c(N)[nH]c(=O)c3C(=O)O)c2)c1. The van der Waals surface area contributed by atoms with Crippen molar-refractivity contribution >= 4 is 17.8 Å². The number of H-pyrrole nitrogens is 1. The van der Waals surface area contributed by atoms with Crippen LogP contribution in [0.1, 0.15) is 26.3 Å². The number of hydrogen-bond acceptors (Lipinski definition) is 6. The molecule has 3 aromatic rings. The van der Waals surface area contributed by atoms with Gasteiger partial charge in [-0.15, -0.1) is 0 Å². The fourth-order valence-electron chi connectivity index (χ4n) is 3.01. The molecule has 0 saturated carbocycles. The van der Waals surface area contributed by atoms with E-state index in [1.807, 2.05) is 12.1 Å². The molecule has 9 heteroatoms. The van der Waals surface area contributed by atoms with Gasteiger partial charge in [-0.05, 0) is 35.4 Å². The molecule has 0 aliphatic carbocycles. The van der Waals surface area contributed by atoms with Crippen molar-refractivity contribution in [3.63, 3.8) is 0 Å². The molecule has 0 saturated heterocycles. The van der Waals surface area contributed by atoms with Gasteiger partial charge < -0.3 is 30.4 Å². The number of methoxy groups -OCH3 is 1.